The summed E-state index contributed by atoms with van der Waals surface area (Å²) in [5, 5.41) is 8.62. The molecule has 0 aliphatic carbocycles. The Labute approximate surface area is 190 Å². The van der Waals surface area contributed by atoms with E-state index < -0.39 is 18.2 Å². The molecule has 11 N–H and O–H groups in total. The highest BCUT2D eigenvalue weighted by Gasteiger charge is 2.18. The lowest BCUT2D eigenvalue weighted by Gasteiger charge is -2.21. The van der Waals surface area contributed by atoms with E-state index in [1.807, 2.05) is 0 Å². The lowest BCUT2D eigenvalue weighted by atomic mass is 10.1. The maximum absolute atomic E-state index is 12.2. The fraction of sp³-hybridized carbons (Fsp3) is 0.850. The minimum atomic E-state index is -0.914. The third-order valence-electron chi connectivity index (χ3n) is 4.64. The van der Waals surface area contributed by atoms with Gasteiger partial charge in [-0.25, -0.2) is 9.59 Å². The quantitative estimate of drug-likeness (QED) is 0.113. The number of alkyl carbamates (subject to hydrolysis) is 1. The minimum absolute atomic E-state index is 0.0154. The van der Waals surface area contributed by atoms with Crippen molar-refractivity contribution in [2.24, 2.45) is 22.9 Å². The van der Waals surface area contributed by atoms with Crippen molar-refractivity contribution in [2.45, 2.75) is 63.5 Å². The van der Waals surface area contributed by atoms with Gasteiger partial charge in [-0.2, -0.15) is 0 Å². The van der Waals surface area contributed by atoms with Gasteiger partial charge in [0.05, 0.1) is 18.6 Å². The summed E-state index contributed by atoms with van der Waals surface area (Å²) >= 11 is 0. The second-order valence-electron chi connectivity index (χ2n) is 7.58. The first kappa shape index (κ1) is 29.9. The van der Waals surface area contributed by atoms with Crippen LogP contribution in [0.25, 0.3) is 0 Å². The zero-order valence-corrected chi connectivity index (χ0v) is 19.1. The van der Waals surface area contributed by atoms with Gasteiger partial charge in [0, 0.05) is 0 Å². The zero-order valence-electron chi connectivity index (χ0n) is 19.1. The number of nitrogens with one attached hydrogen (secondary N) is 3. The van der Waals surface area contributed by atoms with Gasteiger partial charge in [-0.05, 0) is 64.7 Å². The topological polar surface area (TPSA) is 210 Å². The number of carbonyl (C=O) groups is 3. The van der Waals surface area contributed by atoms with Crippen molar-refractivity contribution >= 4 is 18.1 Å². The summed E-state index contributed by atoms with van der Waals surface area (Å²) in [6.45, 7) is 2.55. The molecule has 0 aliphatic heterocycles. The number of unbranched alkanes of at least 4 members (excludes halogenated alkanes) is 3. The first-order valence-electron chi connectivity index (χ1n) is 11.4. The molecule has 12 heteroatoms. The van der Waals surface area contributed by atoms with Crippen molar-refractivity contribution in [2.75, 3.05) is 45.9 Å². The van der Waals surface area contributed by atoms with Crippen LogP contribution in [-0.4, -0.2) is 76.1 Å². The van der Waals surface area contributed by atoms with E-state index in [1.54, 1.807) is 0 Å². The highest BCUT2D eigenvalue weighted by Crippen LogP contribution is 2.04. The summed E-state index contributed by atoms with van der Waals surface area (Å²) in [5.74, 6) is -0.172. The Bertz CT molecular complexity index is 511. The molecule has 12 nitrogen and oxygen atoms in total. The maximum atomic E-state index is 12.2. The van der Waals surface area contributed by atoms with E-state index in [-0.39, 0.29) is 31.7 Å². The molecule has 0 heterocycles. The number of hydrogen-bond donors (Lipinski definition) is 7. The van der Waals surface area contributed by atoms with Crippen LogP contribution in [0.15, 0.2) is 0 Å². The van der Waals surface area contributed by atoms with Crippen LogP contribution in [0.4, 0.5) is 9.59 Å². The number of hydrogen-bond acceptors (Lipinski definition) is 9. The molecule has 0 aliphatic rings. The summed E-state index contributed by atoms with van der Waals surface area (Å²) < 4.78 is 10.1. The van der Waals surface area contributed by atoms with Crippen LogP contribution in [0, 0.1) is 0 Å². The molecule has 32 heavy (non-hydrogen) atoms. The molecular weight excluding hydrogens is 418 g/mol. The fourth-order valence-electron chi connectivity index (χ4n) is 2.91. The number of ether oxygens (including phenoxy) is 2. The minimum Gasteiger partial charge on any atom is -0.448 e. The Morgan fingerprint density at radius 2 is 1.25 bits per heavy atom. The lowest BCUT2D eigenvalue weighted by molar-refractivity contribution is -0.121. The highest BCUT2D eigenvalue weighted by atomic mass is 16.6. The summed E-state index contributed by atoms with van der Waals surface area (Å²) in [6, 6.07) is -0.771. The fourth-order valence-corrected chi connectivity index (χ4v) is 2.91. The first-order valence-corrected chi connectivity index (χ1v) is 11.4. The monoisotopic (exact) mass is 461 g/mol. The molecule has 0 radical (unpaired) electrons. The second kappa shape index (κ2) is 20.7. The molecule has 0 rings (SSSR count). The third kappa shape index (κ3) is 18.6. The molecule has 0 spiro atoms. The Kier molecular flexibility index (Phi) is 19.3. The Hall–Kier alpha value is -2.15. The molecular formula is C20H43N7O5. The Morgan fingerprint density at radius 1 is 0.719 bits per heavy atom. The SMILES string of the molecule is NCCCCNCC(=O)N[C@H](CCCCN)COC(=O)N[C@@H](CCCCN)COC(N)=O. The van der Waals surface area contributed by atoms with Crippen LogP contribution < -0.4 is 38.9 Å². The van der Waals surface area contributed by atoms with E-state index in [0.717, 1.165) is 38.5 Å². The number of carbonyl (C=O) groups excluding carboxylic acids is 3. The summed E-state index contributed by atoms with van der Waals surface area (Å²) in [5.41, 5.74) is 21.5. The van der Waals surface area contributed by atoms with Gasteiger partial charge >= 0.3 is 12.2 Å². The molecule has 0 aromatic rings. The molecule has 0 fully saturated rings. The summed E-state index contributed by atoms with van der Waals surface area (Å²) in [4.78, 5) is 35.3. The smallest absolute Gasteiger partial charge is 0.407 e. The molecule has 0 unspecified atom stereocenters. The van der Waals surface area contributed by atoms with Gasteiger partial charge in [-0.3, -0.25) is 4.79 Å². The molecule has 0 aromatic heterocycles. The summed E-state index contributed by atoms with van der Waals surface area (Å²) in [6.07, 6.45) is 4.56. The number of nitrogens with two attached hydrogens (primary N) is 4. The third-order valence-corrected chi connectivity index (χ3v) is 4.64. The van der Waals surface area contributed by atoms with Gasteiger partial charge in [0.1, 0.15) is 13.2 Å². The summed E-state index contributed by atoms with van der Waals surface area (Å²) in [7, 11) is 0. The average Bonchev–Trinajstić information content (AvgIpc) is 2.75. The van der Waals surface area contributed by atoms with Crippen LogP contribution in [0.3, 0.4) is 0 Å². The number of amides is 3. The predicted octanol–water partition coefficient (Wildman–Crippen LogP) is -0.752. The number of rotatable bonds is 20. The molecule has 188 valence electrons. The molecule has 0 bridgehead atoms. The van der Waals surface area contributed by atoms with Gasteiger partial charge in [0.2, 0.25) is 5.91 Å². The van der Waals surface area contributed by atoms with Crippen LogP contribution in [0.2, 0.25) is 0 Å². The normalized spacial score (nSPS) is 12.6. The van der Waals surface area contributed by atoms with Crippen molar-refractivity contribution in [3.8, 4) is 0 Å². The first-order chi connectivity index (χ1) is 15.4. The molecule has 2 atom stereocenters. The van der Waals surface area contributed by atoms with E-state index >= 15 is 0 Å². The van der Waals surface area contributed by atoms with Crippen LogP contribution in [0.1, 0.15) is 51.4 Å². The van der Waals surface area contributed by atoms with Crippen LogP contribution in [-0.2, 0) is 14.3 Å². The van der Waals surface area contributed by atoms with E-state index in [4.69, 9.17) is 32.4 Å². The highest BCUT2D eigenvalue weighted by molar-refractivity contribution is 5.78. The van der Waals surface area contributed by atoms with E-state index in [9.17, 15) is 14.4 Å². The van der Waals surface area contributed by atoms with Gasteiger partial charge in [-0.15, -0.1) is 0 Å². The average molecular weight is 462 g/mol. The van der Waals surface area contributed by atoms with Gasteiger partial charge < -0.3 is 48.4 Å². The second-order valence-corrected chi connectivity index (χ2v) is 7.58. The van der Waals surface area contributed by atoms with Crippen molar-refractivity contribution < 1.29 is 23.9 Å². The number of primary amides is 1. The van der Waals surface area contributed by atoms with Gasteiger partial charge in [0.25, 0.3) is 0 Å². The Morgan fingerprint density at radius 3 is 1.81 bits per heavy atom. The maximum Gasteiger partial charge on any atom is 0.407 e. The predicted molar refractivity (Wildman–Crippen MR) is 123 cm³/mol. The van der Waals surface area contributed by atoms with E-state index in [1.165, 1.54) is 0 Å². The largest absolute Gasteiger partial charge is 0.448 e. The lowest BCUT2D eigenvalue weighted by Crippen LogP contribution is -2.45. The molecule has 0 aromatic carbocycles. The standard InChI is InChI=1S/C20H43N7O5/c21-9-3-1-7-16(26-18(28)13-25-12-6-5-11-23)15-32-20(30)27-17(8-2-4-10-22)14-31-19(24)29/h16-17,25H,1-15,21-23H2,(H2,24,29)(H,26,28)(H,27,30)/t16-,17+/m1/s1. The molecule has 0 saturated carbocycles. The van der Waals surface area contributed by atoms with Crippen LogP contribution >= 0.6 is 0 Å². The Balaban J connectivity index is 4.53. The van der Waals surface area contributed by atoms with Crippen molar-refractivity contribution in [1.82, 2.24) is 16.0 Å². The van der Waals surface area contributed by atoms with E-state index in [2.05, 4.69) is 16.0 Å². The van der Waals surface area contributed by atoms with Crippen LogP contribution in [0.5, 0.6) is 0 Å². The zero-order chi connectivity index (χ0) is 24.0. The van der Waals surface area contributed by atoms with E-state index in [0.29, 0.717) is 39.0 Å². The van der Waals surface area contributed by atoms with Gasteiger partial charge in [0.15, 0.2) is 0 Å². The van der Waals surface area contributed by atoms with Crippen molar-refractivity contribution in [3.05, 3.63) is 0 Å². The van der Waals surface area contributed by atoms with Crippen molar-refractivity contribution in [3.63, 3.8) is 0 Å². The molecule has 3 amide bonds. The van der Waals surface area contributed by atoms with Gasteiger partial charge in [-0.1, -0.05) is 12.8 Å². The molecule has 0 saturated heterocycles. The van der Waals surface area contributed by atoms with Crippen molar-refractivity contribution in [1.29, 1.82) is 0 Å².